The molecular formula is C21H10Cl2F3NO3. The normalized spacial score (nSPS) is 15.4. The van der Waals surface area contributed by atoms with Gasteiger partial charge in [-0.25, -0.2) is 9.79 Å². The second-order valence-electron chi connectivity index (χ2n) is 6.21. The number of cyclic esters (lactones) is 1. The van der Waals surface area contributed by atoms with Crippen LogP contribution in [0.2, 0.25) is 10.0 Å². The minimum absolute atomic E-state index is 0.0297. The lowest BCUT2D eigenvalue weighted by molar-refractivity contribution is -0.137. The van der Waals surface area contributed by atoms with E-state index in [1.54, 1.807) is 24.3 Å². The molecule has 0 N–H and O–H groups in total. The van der Waals surface area contributed by atoms with Gasteiger partial charge in [-0.05, 0) is 42.5 Å². The van der Waals surface area contributed by atoms with E-state index >= 15 is 0 Å². The Kier molecular flexibility index (Phi) is 5.17. The van der Waals surface area contributed by atoms with E-state index in [1.807, 2.05) is 0 Å². The van der Waals surface area contributed by atoms with Gasteiger partial charge >= 0.3 is 12.1 Å². The monoisotopic (exact) mass is 451 g/mol. The Labute approximate surface area is 178 Å². The Hall–Kier alpha value is -3.03. The van der Waals surface area contributed by atoms with Gasteiger partial charge in [0.1, 0.15) is 11.5 Å². The lowest BCUT2D eigenvalue weighted by Crippen LogP contribution is -2.05. The molecule has 0 spiro atoms. The van der Waals surface area contributed by atoms with Crippen molar-refractivity contribution in [2.45, 2.75) is 6.18 Å². The number of ether oxygens (including phenoxy) is 1. The summed E-state index contributed by atoms with van der Waals surface area (Å²) in [6.07, 6.45) is -3.27. The zero-order valence-corrected chi connectivity index (χ0v) is 16.3. The summed E-state index contributed by atoms with van der Waals surface area (Å²) in [6, 6.07) is 13.2. The van der Waals surface area contributed by atoms with Crippen molar-refractivity contribution >= 4 is 41.1 Å². The third kappa shape index (κ3) is 3.99. The van der Waals surface area contributed by atoms with Crippen LogP contribution in [0.25, 0.3) is 17.4 Å². The van der Waals surface area contributed by atoms with Crippen LogP contribution in [0.3, 0.4) is 0 Å². The van der Waals surface area contributed by atoms with Gasteiger partial charge in [-0.15, -0.1) is 0 Å². The molecular weight excluding hydrogens is 442 g/mol. The molecule has 0 aliphatic carbocycles. The molecule has 0 saturated heterocycles. The average Bonchev–Trinajstić information content (AvgIpc) is 3.29. The van der Waals surface area contributed by atoms with Gasteiger partial charge in [-0.3, -0.25) is 0 Å². The number of hydrogen-bond acceptors (Lipinski definition) is 4. The first kappa shape index (κ1) is 20.3. The van der Waals surface area contributed by atoms with Crippen molar-refractivity contribution in [2.24, 2.45) is 4.99 Å². The highest BCUT2D eigenvalue weighted by Crippen LogP contribution is 2.37. The molecule has 152 valence electrons. The number of benzene rings is 2. The fourth-order valence-electron chi connectivity index (χ4n) is 2.78. The maximum atomic E-state index is 13.1. The highest BCUT2D eigenvalue weighted by Gasteiger charge is 2.33. The van der Waals surface area contributed by atoms with E-state index < -0.39 is 22.7 Å². The average molecular weight is 452 g/mol. The van der Waals surface area contributed by atoms with Gasteiger partial charge in [-0.2, -0.15) is 13.2 Å². The van der Waals surface area contributed by atoms with Crippen LogP contribution in [-0.4, -0.2) is 11.9 Å². The van der Waals surface area contributed by atoms with Crippen molar-refractivity contribution in [2.75, 3.05) is 0 Å². The van der Waals surface area contributed by atoms with Crippen LogP contribution in [0.4, 0.5) is 13.2 Å². The first-order valence-corrected chi connectivity index (χ1v) is 9.22. The Morgan fingerprint density at radius 2 is 1.73 bits per heavy atom. The van der Waals surface area contributed by atoms with E-state index in [-0.39, 0.29) is 28.7 Å². The van der Waals surface area contributed by atoms with Crippen molar-refractivity contribution in [3.63, 3.8) is 0 Å². The predicted octanol–water partition coefficient (Wildman–Crippen LogP) is 6.62. The molecule has 0 atom stereocenters. The number of esters is 1. The summed E-state index contributed by atoms with van der Waals surface area (Å²) in [4.78, 5) is 16.2. The number of rotatable bonds is 3. The molecule has 2 aromatic carbocycles. The van der Waals surface area contributed by atoms with Gasteiger partial charge in [0.2, 0.25) is 5.90 Å². The van der Waals surface area contributed by atoms with Crippen molar-refractivity contribution < 1.29 is 27.1 Å². The number of carbonyl (C=O) groups is 1. The standard InChI is InChI=1S/C21H10Cl2F3NO3/c22-15-4-2-1-3-13(15)19-27-17(20(28)30-19)10-12-6-8-18(29-12)11-5-7-16(23)14(9-11)21(24,25)26/h1-10H/b17-10-. The smallest absolute Gasteiger partial charge is 0.417 e. The third-order valence-electron chi connectivity index (χ3n) is 4.19. The molecule has 1 aliphatic rings. The van der Waals surface area contributed by atoms with Gasteiger partial charge in [0.05, 0.1) is 21.2 Å². The SMILES string of the molecule is O=C1OC(c2ccccc2Cl)=N/C1=C\c1ccc(-c2ccc(Cl)c(C(F)(F)F)c2)o1. The quantitative estimate of drug-likeness (QED) is 0.332. The second kappa shape index (κ2) is 7.66. The maximum absolute atomic E-state index is 13.1. The first-order chi connectivity index (χ1) is 14.2. The van der Waals surface area contributed by atoms with Crippen molar-refractivity contribution in [1.29, 1.82) is 0 Å². The second-order valence-corrected chi connectivity index (χ2v) is 7.02. The molecule has 3 aromatic rings. The molecule has 1 aromatic heterocycles. The summed E-state index contributed by atoms with van der Waals surface area (Å²) in [5.74, 6) is -0.264. The fourth-order valence-corrected chi connectivity index (χ4v) is 3.22. The lowest BCUT2D eigenvalue weighted by atomic mass is 10.1. The number of hydrogen-bond donors (Lipinski definition) is 0. The lowest BCUT2D eigenvalue weighted by Gasteiger charge is -2.09. The van der Waals surface area contributed by atoms with Crippen LogP contribution < -0.4 is 0 Å². The predicted molar refractivity (Wildman–Crippen MR) is 106 cm³/mol. The van der Waals surface area contributed by atoms with Gasteiger partial charge in [-0.1, -0.05) is 35.3 Å². The van der Waals surface area contributed by atoms with Crippen LogP contribution in [-0.2, 0) is 15.7 Å². The Morgan fingerprint density at radius 3 is 2.47 bits per heavy atom. The van der Waals surface area contributed by atoms with E-state index in [0.29, 0.717) is 10.6 Å². The molecule has 0 unspecified atom stereocenters. The van der Waals surface area contributed by atoms with Crippen molar-refractivity contribution in [1.82, 2.24) is 0 Å². The molecule has 0 bridgehead atoms. The van der Waals surface area contributed by atoms with Crippen molar-refractivity contribution in [3.05, 3.63) is 87.2 Å². The van der Waals surface area contributed by atoms with E-state index in [2.05, 4.69) is 4.99 Å². The van der Waals surface area contributed by atoms with Crippen LogP contribution >= 0.6 is 23.2 Å². The van der Waals surface area contributed by atoms with E-state index in [9.17, 15) is 18.0 Å². The number of alkyl halides is 3. The summed E-state index contributed by atoms with van der Waals surface area (Å²) in [7, 11) is 0. The molecule has 2 heterocycles. The zero-order valence-electron chi connectivity index (χ0n) is 14.8. The minimum Gasteiger partial charge on any atom is -0.457 e. The summed E-state index contributed by atoms with van der Waals surface area (Å²) in [6.45, 7) is 0. The Bertz CT molecular complexity index is 1210. The molecule has 0 amide bonds. The van der Waals surface area contributed by atoms with E-state index in [1.165, 1.54) is 24.3 Å². The molecule has 30 heavy (non-hydrogen) atoms. The summed E-state index contributed by atoms with van der Waals surface area (Å²) in [5.41, 5.74) is -0.355. The Balaban J connectivity index is 1.65. The van der Waals surface area contributed by atoms with Crippen LogP contribution in [0.15, 0.2) is 69.7 Å². The maximum Gasteiger partial charge on any atom is 0.417 e. The fraction of sp³-hybridized carbons (Fsp3) is 0.0476. The molecule has 9 heteroatoms. The minimum atomic E-state index is -4.60. The number of nitrogens with zero attached hydrogens (tertiary/aromatic N) is 1. The third-order valence-corrected chi connectivity index (χ3v) is 4.85. The molecule has 0 fully saturated rings. The summed E-state index contributed by atoms with van der Waals surface area (Å²) in [5, 5.41) is -0.0379. The van der Waals surface area contributed by atoms with Gasteiger partial charge in [0.25, 0.3) is 0 Å². The number of furan rings is 1. The highest BCUT2D eigenvalue weighted by atomic mass is 35.5. The Morgan fingerprint density at radius 1 is 0.967 bits per heavy atom. The number of carbonyl (C=O) groups excluding carboxylic acids is 1. The molecule has 4 rings (SSSR count). The molecule has 1 aliphatic heterocycles. The van der Waals surface area contributed by atoms with Gasteiger partial charge in [0.15, 0.2) is 5.70 Å². The van der Waals surface area contributed by atoms with Crippen LogP contribution in [0.1, 0.15) is 16.9 Å². The van der Waals surface area contributed by atoms with Crippen molar-refractivity contribution in [3.8, 4) is 11.3 Å². The zero-order chi connectivity index (χ0) is 21.5. The largest absolute Gasteiger partial charge is 0.457 e. The number of halogens is 5. The van der Waals surface area contributed by atoms with Crippen LogP contribution in [0, 0.1) is 0 Å². The molecule has 0 saturated carbocycles. The van der Waals surface area contributed by atoms with E-state index in [0.717, 1.165) is 12.1 Å². The van der Waals surface area contributed by atoms with Crippen LogP contribution in [0.5, 0.6) is 0 Å². The summed E-state index contributed by atoms with van der Waals surface area (Å²) >= 11 is 11.7. The molecule has 4 nitrogen and oxygen atoms in total. The highest BCUT2D eigenvalue weighted by molar-refractivity contribution is 6.34. The summed E-state index contributed by atoms with van der Waals surface area (Å²) < 4.78 is 49.9. The van der Waals surface area contributed by atoms with Gasteiger partial charge < -0.3 is 9.15 Å². The first-order valence-electron chi connectivity index (χ1n) is 8.47. The number of aliphatic imine (C=N–C) groups is 1. The molecule has 0 radical (unpaired) electrons. The van der Waals surface area contributed by atoms with E-state index in [4.69, 9.17) is 32.4 Å². The van der Waals surface area contributed by atoms with Gasteiger partial charge in [0, 0.05) is 11.6 Å². The topological polar surface area (TPSA) is 51.8 Å².